The highest BCUT2D eigenvalue weighted by Gasteiger charge is 1.70. The van der Waals surface area contributed by atoms with Crippen LogP contribution in [0, 0.1) is 0 Å². The van der Waals surface area contributed by atoms with Gasteiger partial charge in [0.25, 0.3) is 0 Å². The smallest absolute Gasteiger partial charge is 0.182 e. The van der Waals surface area contributed by atoms with Crippen molar-refractivity contribution in [3.8, 4) is 0 Å². The molecule has 0 radical (unpaired) electrons. The number of hydrogen-bond donors (Lipinski definition) is 0. The highest BCUT2D eigenvalue weighted by Crippen LogP contribution is 1.52. The summed E-state index contributed by atoms with van der Waals surface area (Å²) in [6.07, 6.45) is 0. The zero-order valence-corrected chi connectivity index (χ0v) is 3.56. The molecule has 0 unspecified atom stereocenters. The van der Waals surface area contributed by atoms with Crippen molar-refractivity contribution in [3.63, 3.8) is 0 Å². The summed E-state index contributed by atoms with van der Waals surface area (Å²) in [5.74, 6) is 0. The molecule has 0 amide bonds. The number of hydroxylamine groups is 1. The monoisotopic (exact) mass is 74.1 g/mol. The van der Waals surface area contributed by atoms with Crippen LogP contribution in [0.2, 0.25) is 0 Å². The third-order valence-corrected chi connectivity index (χ3v) is 0.312. The predicted molar refractivity (Wildman–Crippen MR) is 20.3 cm³/mol. The number of rotatable bonds is 1. The van der Waals surface area contributed by atoms with Crippen molar-refractivity contribution in [3.05, 3.63) is 0 Å². The van der Waals surface area contributed by atoms with Crippen LogP contribution in [-0.2, 0) is 4.84 Å². The molecule has 0 fully saturated rings. The van der Waals surface area contributed by atoms with Crippen LogP contribution in [0.5, 0.6) is 0 Å². The van der Waals surface area contributed by atoms with Gasteiger partial charge in [0.1, 0.15) is 7.11 Å². The van der Waals surface area contributed by atoms with Crippen LogP contribution in [0.3, 0.4) is 0 Å². The summed E-state index contributed by atoms with van der Waals surface area (Å²) in [5.41, 5.74) is 0. The summed E-state index contributed by atoms with van der Waals surface area (Å²) >= 11 is 0. The fourth-order valence-electron chi connectivity index (χ4n) is 0. The lowest BCUT2D eigenvalue weighted by molar-refractivity contribution is -0.754. The number of hydrogen-bond acceptors (Lipinski definition) is 1. The van der Waals surface area contributed by atoms with Crippen LogP contribution < -0.4 is 0 Å². The average Bonchev–Trinajstić information content (AvgIpc) is 1.38. The molecule has 0 aliphatic carbocycles. The normalized spacial score (nSPS) is 6.80. The summed E-state index contributed by atoms with van der Waals surface area (Å²) in [6, 6.07) is 0. The van der Waals surface area contributed by atoms with Crippen molar-refractivity contribution in [2.45, 2.75) is 0 Å². The van der Waals surface area contributed by atoms with Crippen LogP contribution in [0.15, 0.2) is 0 Å². The predicted octanol–water partition coefficient (Wildman–Crippen LogP) is -0.109. The molecule has 0 heterocycles. The fourth-order valence-corrected chi connectivity index (χ4v) is 0. The average molecular weight is 74.1 g/mol. The Labute approximate surface area is 31.6 Å². The fraction of sp³-hybridized carbons (Fsp3) is 0.667. The standard InChI is InChI=1S/C3H8NO/c1-4(2)5-3/h1H2,2-3H3/q+1. The van der Waals surface area contributed by atoms with E-state index in [1.807, 2.05) is 0 Å². The van der Waals surface area contributed by atoms with Crippen LogP contribution in [-0.4, -0.2) is 25.6 Å². The second kappa shape index (κ2) is 1.76. The first kappa shape index (κ1) is 4.47. The molecule has 30 valence electrons. The van der Waals surface area contributed by atoms with Gasteiger partial charge in [-0.15, -0.1) is 0 Å². The van der Waals surface area contributed by atoms with E-state index < -0.39 is 0 Å². The topological polar surface area (TPSA) is 12.2 Å². The highest BCUT2D eigenvalue weighted by atomic mass is 16.6. The summed E-state index contributed by atoms with van der Waals surface area (Å²) in [6.45, 7) is 3.37. The van der Waals surface area contributed by atoms with Gasteiger partial charge in [0.05, 0.1) is 0 Å². The second-order valence-electron chi connectivity index (χ2n) is 0.810. The van der Waals surface area contributed by atoms with E-state index in [4.69, 9.17) is 0 Å². The lowest BCUT2D eigenvalue weighted by atomic mass is 11.4. The van der Waals surface area contributed by atoms with E-state index >= 15 is 0 Å². The van der Waals surface area contributed by atoms with Gasteiger partial charge in [-0.2, -0.15) is 0 Å². The molecule has 2 nitrogen and oxygen atoms in total. The van der Waals surface area contributed by atoms with Gasteiger partial charge in [-0.25, -0.2) is 0 Å². The van der Waals surface area contributed by atoms with Crippen LogP contribution in [0.4, 0.5) is 0 Å². The molecular formula is C3H8NO+. The zero-order valence-electron chi connectivity index (χ0n) is 3.56. The third kappa shape index (κ3) is 3.47. The maximum absolute atomic E-state index is 4.47. The molecule has 5 heavy (non-hydrogen) atoms. The Balaban J connectivity index is 2.85. The summed E-state index contributed by atoms with van der Waals surface area (Å²) in [5, 5.41) is 0. The van der Waals surface area contributed by atoms with Gasteiger partial charge < -0.3 is 0 Å². The van der Waals surface area contributed by atoms with Gasteiger partial charge in [0, 0.05) is 0 Å². The van der Waals surface area contributed by atoms with Crippen molar-refractivity contribution < 1.29 is 9.58 Å². The Morgan fingerprint density at radius 2 is 2.00 bits per heavy atom. The van der Waals surface area contributed by atoms with E-state index in [0.717, 1.165) is 0 Å². The van der Waals surface area contributed by atoms with E-state index in [1.165, 1.54) is 4.74 Å². The molecule has 0 saturated carbocycles. The SMILES string of the molecule is C=[N+](C)OC. The van der Waals surface area contributed by atoms with Crippen LogP contribution in [0.25, 0.3) is 0 Å². The molecule has 2 heteroatoms. The van der Waals surface area contributed by atoms with Crippen molar-refractivity contribution in [2.24, 2.45) is 0 Å². The molecule has 0 aliphatic heterocycles. The molecule has 0 atom stereocenters. The Morgan fingerprint density at radius 1 is 1.80 bits per heavy atom. The van der Waals surface area contributed by atoms with Gasteiger partial charge in [0.2, 0.25) is 0 Å². The first-order valence-electron chi connectivity index (χ1n) is 1.35. The van der Waals surface area contributed by atoms with Crippen molar-refractivity contribution >= 4 is 6.72 Å². The number of nitrogens with zero attached hydrogens (tertiary/aromatic N) is 1. The van der Waals surface area contributed by atoms with Crippen molar-refractivity contribution in [1.82, 2.24) is 0 Å². The van der Waals surface area contributed by atoms with E-state index in [0.29, 0.717) is 0 Å². The summed E-state index contributed by atoms with van der Waals surface area (Å²) in [4.78, 5) is 4.47. The highest BCUT2D eigenvalue weighted by molar-refractivity contribution is 5.13. The van der Waals surface area contributed by atoms with Gasteiger partial charge in [0.15, 0.2) is 13.8 Å². The zero-order chi connectivity index (χ0) is 4.28. The molecule has 0 aromatic rings. The Hall–Kier alpha value is -0.530. The Bertz CT molecular complexity index is 42.2. The van der Waals surface area contributed by atoms with Crippen LogP contribution >= 0.6 is 0 Å². The molecule has 0 bridgehead atoms. The molecule has 0 aromatic carbocycles. The molecule has 0 saturated heterocycles. The van der Waals surface area contributed by atoms with Crippen molar-refractivity contribution in [1.29, 1.82) is 0 Å². The minimum absolute atomic E-state index is 1.38. The molecule has 0 spiro atoms. The minimum atomic E-state index is 1.38. The molecule has 0 aliphatic rings. The first-order chi connectivity index (χ1) is 2.27. The Kier molecular flexibility index (Phi) is 1.57. The van der Waals surface area contributed by atoms with Crippen LogP contribution in [0.1, 0.15) is 0 Å². The maximum Gasteiger partial charge on any atom is 0.182 e. The largest absolute Gasteiger partial charge is 0.281 e. The molecule has 0 rings (SSSR count). The summed E-state index contributed by atoms with van der Waals surface area (Å²) in [7, 11) is 3.28. The quantitative estimate of drug-likeness (QED) is 0.240. The van der Waals surface area contributed by atoms with Gasteiger partial charge in [-0.05, 0) is 4.74 Å². The second-order valence-corrected chi connectivity index (χ2v) is 0.810. The summed E-state index contributed by atoms with van der Waals surface area (Å²) < 4.78 is 1.38. The minimum Gasteiger partial charge on any atom is -0.281 e. The Morgan fingerprint density at radius 3 is 2.00 bits per heavy atom. The van der Waals surface area contributed by atoms with Gasteiger partial charge >= 0.3 is 0 Å². The third-order valence-electron chi connectivity index (χ3n) is 0.312. The van der Waals surface area contributed by atoms with Gasteiger partial charge in [-0.1, -0.05) is 0 Å². The first-order valence-corrected chi connectivity index (χ1v) is 1.35. The maximum atomic E-state index is 4.47. The van der Waals surface area contributed by atoms with E-state index in [9.17, 15) is 0 Å². The molecular weight excluding hydrogens is 66.0 g/mol. The van der Waals surface area contributed by atoms with Crippen molar-refractivity contribution in [2.75, 3.05) is 14.2 Å². The van der Waals surface area contributed by atoms with E-state index in [-0.39, 0.29) is 0 Å². The van der Waals surface area contributed by atoms with E-state index in [1.54, 1.807) is 14.2 Å². The van der Waals surface area contributed by atoms with E-state index in [2.05, 4.69) is 11.6 Å². The van der Waals surface area contributed by atoms with Gasteiger partial charge in [-0.3, -0.25) is 4.84 Å². The lowest BCUT2D eigenvalue weighted by Crippen LogP contribution is -1.96. The molecule has 0 N–H and O–H groups in total. The molecule has 0 aromatic heterocycles. The lowest BCUT2D eigenvalue weighted by Gasteiger charge is -1.80.